The second-order valence-corrected chi connectivity index (χ2v) is 8.57. The number of carboxylic acids is 3. The summed E-state index contributed by atoms with van der Waals surface area (Å²) in [6, 6.07) is -5.60. The van der Waals surface area contributed by atoms with Gasteiger partial charge < -0.3 is 42.0 Å². The summed E-state index contributed by atoms with van der Waals surface area (Å²) in [4.78, 5) is 78.3. The lowest BCUT2D eigenvalue weighted by Crippen LogP contribution is -2.57. The van der Waals surface area contributed by atoms with E-state index in [2.05, 4.69) is 25.9 Å². The number of amides is 3. The fraction of sp³-hybridized carbons (Fsp3) is 0.571. The van der Waals surface area contributed by atoms with Crippen LogP contribution < -0.4 is 21.7 Å². The Hall–Kier alpha value is -4.01. The van der Waals surface area contributed by atoms with Crippen molar-refractivity contribution in [1.82, 2.24) is 25.9 Å². The second kappa shape index (κ2) is 14.4. The Morgan fingerprint density at radius 2 is 1.50 bits per heavy atom. The lowest BCUT2D eigenvalue weighted by molar-refractivity contribution is -0.143. The van der Waals surface area contributed by atoms with Crippen molar-refractivity contribution in [3.8, 4) is 0 Å². The molecule has 0 aliphatic rings. The molecule has 36 heavy (non-hydrogen) atoms. The van der Waals surface area contributed by atoms with Crippen molar-refractivity contribution < 1.29 is 44.1 Å². The number of nitrogens with two attached hydrogens (primary N) is 1. The first-order valence-corrected chi connectivity index (χ1v) is 11.1. The largest absolute Gasteiger partial charge is 0.481 e. The van der Waals surface area contributed by atoms with E-state index in [1.165, 1.54) is 12.5 Å². The van der Waals surface area contributed by atoms with E-state index in [0.717, 1.165) is 0 Å². The molecule has 0 spiro atoms. The molecule has 200 valence electrons. The Labute approximate surface area is 206 Å². The predicted octanol–water partition coefficient (Wildman–Crippen LogP) is -1.80. The summed E-state index contributed by atoms with van der Waals surface area (Å²) in [7, 11) is 0. The summed E-state index contributed by atoms with van der Waals surface area (Å²) >= 11 is 0. The van der Waals surface area contributed by atoms with Crippen molar-refractivity contribution in [2.75, 3.05) is 0 Å². The Kier molecular flexibility index (Phi) is 12.0. The highest BCUT2D eigenvalue weighted by Gasteiger charge is 2.32. The zero-order valence-corrected chi connectivity index (χ0v) is 19.9. The molecule has 1 aromatic rings. The fourth-order valence-electron chi connectivity index (χ4n) is 3.18. The maximum atomic E-state index is 12.8. The lowest BCUT2D eigenvalue weighted by Gasteiger charge is -2.24. The highest BCUT2D eigenvalue weighted by molar-refractivity contribution is 5.95. The van der Waals surface area contributed by atoms with Crippen molar-refractivity contribution >= 4 is 35.6 Å². The molecule has 4 atom stereocenters. The second-order valence-electron chi connectivity index (χ2n) is 8.57. The SMILES string of the molecule is CC(C)CC(N)C(=O)NC(CCC(=O)O)C(=O)NC(CC(=O)O)C(=O)NC(Cc1cnc[nH]1)C(=O)O. The molecule has 9 N–H and O–H groups in total. The van der Waals surface area contributed by atoms with Crippen molar-refractivity contribution in [3.63, 3.8) is 0 Å². The molecule has 15 heteroatoms. The molecule has 4 unspecified atom stereocenters. The van der Waals surface area contributed by atoms with E-state index >= 15 is 0 Å². The number of carbonyl (C=O) groups excluding carboxylic acids is 3. The van der Waals surface area contributed by atoms with Crippen LogP contribution in [0.1, 0.15) is 45.2 Å². The quantitative estimate of drug-likeness (QED) is 0.123. The van der Waals surface area contributed by atoms with E-state index in [0.29, 0.717) is 5.69 Å². The maximum Gasteiger partial charge on any atom is 0.326 e. The summed E-state index contributed by atoms with van der Waals surface area (Å²) in [6.45, 7) is 3.65. The molecular weight excluding hydrogens is 480 g/mol. The van der Waals surface area contributed by atoms with Crippen LogP contribution >= 0.6 is 0 Å². The minimum atomic E-state index is -1.72. The maximum absolute atomic E-state index is 12.8. The number of nitrogens with zero attached hydrogens (tertiary/aromatic N) is 1. The highest BCUT2D eigenvalue weighted by atomic mass is 16.4. The molecule has 0 bridgehead atoms. The third kappa shape index (κ3) is 10.9. The summed E-state index contributed by atoms with van der Waals surface area (Å²) < 4.78 is 0. The van der Waals surface area contributed by atoms with Crippen LogP contribution in [0.15, 0.2) is 12.5 Å². The number of aliphatic carboxylic acids is 3. The number of nitrogens with one attached hydrogen (secondary N) is 4. The van der Waals surface area contributed by atoms with Gasteiger partial charge in [0.05, 0.1) is 18.8 Å². The van der Waals surface area contributed by atoms with Gasteiger partial charge in [0.15, 0.2) is 0 Å². The molecule has 0 saturated heterocycles. The van der Waals surface area contributed by atoms with Crippen LogP contribution in [0.5, 0.6) is 0 Å². The summed E-state index contributed by atoms with van der Waals surface area (Å²) in [6.07, 6.45) is 0.968. The van der Waals surface area contributed by atoms with Gasteiger partial charge in [-0.25, -0.2) is 9.78 Å². The van der Waals surface area contributed by atoms with E-state index < -0.39 is 72.6 Å². The van der Waals surface area contributed by atoms with Gasteiger partial charge in [-0.05, 0) is 18.8 Å². The molecule has 3 amide bonds. The van der Waals surface area contributed by atoms with E-state index in [9.17, 15) is 39.0 Å². The third-order valence-corrected chi connectivity index (χ3v) is 4.95. The van der Waals surface area contributed by atoms with Gasteiger partial charge in [-0.1, -0.05) is 13.8 Å². The summed E-state index contributed by atoms with van der Waals surface area (Å²) in [5.74, 6) is -6.93. The number of aromatic nitrogens is 2. The minimum Gasteiger partial charge on any atom is -0.481 e. The Bertz CT molecular complexity index is 934. The zero-order chi connectivity index (χ0) is 27.4. The first-order chi connectivity index (χ1) is 16.8. The topological polar surface area (TPSA) is 254 Å². The number of carbonyl (C=O) groups is 6. The van der Waals surface area contributed by atoms with Gasteiger partial charge >= 0.3 is 17.9 Å². The van der Waals surface area contributed by atoms with E-state index in [1.54, 1.807) is 0 Å². The third-order valence-electron chi connectivity index (χ3n) is 4.95. The average molecular weight is 513 g/mol. The number of aromatic amines is 1. The van der Waals surface area contributed by atoms with Gasteiger partial charge in [0.25, 0.3) is 0 Å². The molecule has 1 rings (SSSR count). The molecule has 0 aromatic carbocycles. The van der Waals surface area contributed by atoms with Crippen molar-refractivity contribution in [2.24, 2.45) is 11.7 Å². The molecule has 15 nitrogen and oxygen atoms in total. The number of hydrogen-bond donors (Lipinski definition) is 8. The molecule has 1 heterocycles. The van der Waals surface area contributed by atoms with Gasteiger partial charge in [-0.3, -0.25) is 24.0 Å². The van der Waals surface area contributed by atoms with Gasteiger partial charge in [-0.2, -0.15) is 0 Å². The Morgan fingerprint density at radius 3 is 2.00 bits per heavy atom. The molecule has 0 aliphatic heterocycles. The van der Waals surface area contributed by atoms with Crippen LogP contribution in [0.25, 0.3) is 0 Å². The van der Waals surface area contributed by atoms with Crippen molar-refractivity contribution in [3.05, 3.63) is 18.2 Å². The van der Waals surface area contributed by atoms with Gasteiger partial charge in [0.2, 0.25) is 17.7 Å². The lowest BCUT2D eigenvalue weighted by atomic mass is 10.0. The van der Waals surface area contributed by atoms with E-state index in [1.807, 2.05) is 13.8 Å². The molecule has 0 fully saturated rings. The molecule has 0 saturated carbocycles. The van der Waals surface area contributed by atoms with Crippen molar-refractivity contribution in [1.29, 1.82) is 0 Å². The smallest absolute Gasteiger partial charge is 0.326 e. The number of hydrogen-bond acceptors (Lipinski definition) is 8. The van der Waals surface area contributed by atoms with Crippen LogP contribution in [-0.2, 0) is 35.2 Å². The first-order valence-electron chi connectivity index (χ1n) is 11.1. The predicted molar refractivity (Wildman–Crippen MR) is 122 cm³/mol. The number of carboxylic acid groups (broad SMARTS) is 3. The standard InChI is InChI=1S/C21H32N6O9/c1-10(2)5-12(22)18(32)25-13(3-4-16(28)29)19(33)26-14(7-17(30)31)20(34)27-15(21(35)36)6-11-8-23-9-24-11/h8-10,12-15H,3-7,22H2,1-2H3,(H,23,24)(H,25,32)(H,26,33)(H,27,34)(H,28,29)(H,30,31)(H,35,36). The van der Waals surface area contributed by atoms with Gasteiger partial charge in [0.1, 0.15) is 18.1 Å². The van der Waals surface area contributed by atoms with Crippen LogP contribution in [0.3, 0.4) is 0 Å². The van der Waals surface area contributed by atoms with Crippen LogP contribution in [0.4, 0.5) is 0 Å². The fourth-order valence-corrected chi connectivity index (χ4v) is 3.18. The van der Waals surface area contributed by atoms with E-state index in [4.69, 9.17) is 10.8 Å². The number of imidazole rings is 1. The minimum absolute atomic E-state index is 0.0598. The normalized spacial score (nSPS) is 14.2. The molecule has 1 aromatic heterocycles. The van der Waals surface area contributed by atoms with Gasteiger partial charge in [0, 0.05) is 24.7 Å². The number of rotatable bonds is 16. The number of H-pyrrole nitrogens is 1. The first kappa shape index (κ1) is 30.0. The molecular formula is C21H32N6O9. The van der Waals surface area contributed by atoms with Gasteiger partial charge in [-0.15, -0.1) is 0 Å². The van der Waals surface area contributed by atoms with Crippen LogP contribution in [0, 0.1) is 5.92 Å². The Balaban J connectivity index is 3.01. The monoisotopic (exact) mass is 512 g/mol. The molecule has 0 aliphatic carbocycles. The zero-order valence-electron chi connectivity index (χ0n) is 19.9. The highest BCUT2D eigenvalue weighted by Crippen LogP contribution is 2.06. The van der Waals surface area contributed by atoms with E-state index in [-0.39, 0.29) is 25.2 Å². The molecule has 0 radical (unpaired) electrons. The van der Waals surface area contributed by atoms with Crippen LogP contribution in [-0.4, -0.2) is 85.1 Å². The van der Waals surface area contributed by atoms with Crippen molar-refractivity contribution in [2.45, 2.75) is 70.1 Å². The summed E-state index contributed by atoms with van der Waals surface area (Å²) in [5.41, 5.74) is 6.20. The summed E-state index contributed by atoms with van der Waals surface area (Å²) in [5, 5.41) is 34.3. The Morgan fingerprint density at radius 1 is 0.917 bits per heavy atom. The van der Waals surface area contributed by atoms with Crippen LogP contribution in [0.2, 0.25) is 0 Å². The average Bonchev–Trinajstić information content (AvgIpc) is 3.27.